The molecular formula is C20H32N2O2. The molecule has 2 N–H and O–H groups in total. The SMILES string of the molecule is C=CCC(C)(C)C(CC(C)C)NNC(=O)c1cccc(OC)c1C. The van der Waals surface area contributed by atoms with Gasteiger partial charge in [-0.05, 0) is 43.2 Å². The highest BCUT2D eigenvalue weighted by molar-refractivity contribution is 5.95. The molecule has 134 valence electrons. The van der Waals surface area contributed by atoms with Gasteiger partial charge in [0.25, 0.3) is 5.91 Å². The van der Waals surface area contributed by atoms with Crippen LogP contribution in [0, 0.1) is 18.3 Å². The van der Waals surface area contributed by atoms with Crippen molar-refractivity contribution in [2.24, 2.45) is 11.3 Å². The molecule has 4 heteroatoms. The van der Waals surface area contributed by atoms with Gasteiger partial charge in [-0.2, -0.15) is 0 Å². The molecule has 0 aromatic heterocycles. The molecule has 0 aliphatic rings. The van der Waals surface area contributed by atoms with Gasteiger partial charge in [0.1, 0.15) is 5.75 Å². The summed E-state index contributed by atoms with van der Waals surface area (Å²) in [6.45, 7) is 14.5. The summed E-state index contributed by atoms with van der Waals surface area (Å²) >= 11 is 0. The first-order valence-electron chi connectivity index (χ1n) is 8.53. The first-order chi connectivity index (χ1) is 11.2. The fourth-order valence-corrected chi connectivity index (χ4v) is 2.86. The molecule has 0 saturated carbocycles. The van der Waals surface area contributed by atoms with Crippen molar-refractivity contribution in [3.8, 4) is 5.75 Å². The lowest BCUT2D eigenvalue weighted by Gasteiger charge is -2.35. The van der Waals surface area contributed by atoms with Crippen LogP contribution in [0.15, 0.2) is 30.9 Å². The Morgan fingerprint density at radius 1 is 1.38 bits per heavy atom. The third kappa shape index (κ3) is 5.38. The summed E-state index contributed by atoms with van der Waals surface area (Å²) < 4.78 is 5.29. The average Bonchev–Trinajstić information content (AvgIpc) is 2.50. The van der Waals surface area contributed by atoms with Gasteiger partial charge in [-0.25, -0.2) is 5.43 Å². The number of hydrazine groups is 1. The second-order valence-electron chi connectivity index (χ2n) is 7.39. The number of methoxy groups -OCH3 is 1. The van der Waals surface area contributed by atoms with E-state index >= 15 is 0 Å². The van der Waals surface area contributed by atoms with Crippen molar-refractivity contribution >= 4 is 5.91 Å². The van der Waals surface area contributed by atoms with Crippen LogP contribution in [0.5, 0.6) is 5.75 Å². The summed E-state index contributed by atoms with van der Waals surface area (Å²) in [4.78, 5) is 12.6. The maximum atomic E-state index is 12.6. The van der Waals surface area contributed by atoms with E-state index in [2.05, 4.69) is 45.1 Å². The molecule has 0 aliphatic carbocycles. The molecule has 0 saturated heterocycles. The van der Waals surface area contributed by atoms with Gasteiger partial charge in [0.15, 0.2) is 0 Å². The maximum absolute atomic E-state index is 12.6. The van der Waals surface area contributed by atoms with Crippen LogP contribution in [0.2, 0.25) is 0 Å². The highest BCUT2D eigenvalue weighted by Crippen LogP contribution is 2.29. The Bertz CT molecular complexity index is 565. The molecule has 1 aromatic carbocycles. The molecule has 0 heterocycles. The molecule has 0 spiro atoms. The van der Waals surface area contributed by atoms with Crippen LogP contribution in [0.1, 0.15) is 56.5 Å². The number of amides is 1. The molecule has 1 rings (SSSR count). The smallest absolute Gasteiger partial charge is 0.265 e. The summed E-state index contributed by atoms with van der Waals surface area (Å²) in [5, 5.41) is 0. The van der Waals surface area contributed by atoms with Gasteiger partial charge in [-0.3, -0.25) is 10.2 Å². The van der Waals surface area contributed by atoms with Crippen LogP contribution in [0.4, 0.5) is 0 Å². The lowest BCUT2D eigenvalue weighted by molar-refractivity contribution is 0.0893. The second kappa shape index (κ2) is 8.88. The second-order valence-corrected chi connectivity index (χ2v) is 7.39. The van der Waals surface area contributed by atoms with Crippen molar-refractivity contribution in [1.29, 1.82) is 0 Å². The van der Waals surface area contributed by atoms with Crippen LogP contribution in [0.25, 0.3) is 0 Å². The molecule has 0 radical (unpaired) electrons. The molecular weight excluding hydrogens is 300 g/mol. The first kappa shape index (κ1) is 20.2. The number of carbonyl (C=O) groups excluding carboxylic acids is 1. The number of hydrogen-bond donors (Lipinski definition) is 2. The molecule has 24 heavy (non-hydrogen) atoms. The van der Waals surface area contributed by atoms with E-state index in [-0.39, 0.29) is 17.4 Å². The van der Waals surface area contributed by atoms with Crippen molar-refractivity contribution < 1.29 is 9.53 Å². The van der Waals surface area contributed by atoms with E-state index in [9.17, 15) is 4.79 Å². The van der Waals surface area contributed by atoms with E-state index in [0.717, 1.165) is 18.4 Å². The Labute approximate surface area is 146 Å². The molecule has 0 aliphatic heterocycles. The number of rotatable bonds is 9. The molecule has 0 fully saturated rings. The topological polar surface area (TPSA) is 50.4 Å². The van der Waals surface area contributed by atoms with Crippen LogP contribution >= 0.6 is 0 Å². The number of carbonyl (C=O) groups is 1. The van der Waals surface area contributed by atoms with Gasteiger partial charge < -0.3 is 4.74 Å². The predicted octanol–water partition coefficient (Wildman–Crippen LogP) is 4.26. The van der Waals surface area contributed by atoms with Crippen molar-refractivity contribution in [2.75, 3.05) is 7.11 Å². The number of hydrogen-bond acceptors (Lipinski definition) is 3. The van der Waals surface area contributed by atoms with Gasteiger partial charge in [0.05, 0.1) is 7.11 Å². The third-order valence-electron chi connectivity index (χ3n) is 4.43. The Morgan fingerprint density at radius 2 is 2.04 bits per heavy atom. The standard InChI is InChI=1S/C20H32N2O2/c1-8-12-20(5,6)18(13-14(2)3)21-22-19(23)16-10-9-11-17(24-7)15(16)4/h8-11,14,18,21H,1,12-13H2,2-7H3,(H,22,23). The number of ether oxygens (including phenoxy) is 1. The van der Waals surface area contributed by atoms with Crippen molar-refractivity contribution in [2.45, 2.75) is 53.5 Å². The van der Waals surface area contributed by atoms with Crippen molar-refractivity contribution in [3.05, 3.63) is 42.0 Å². The molecule has 1 aromatic rings. The minimum Gasteiger partial charge on any atom is -0.496 e. The Balaban J connectivity index is 2.86. The lowest BCUT2D eigenvalue weighted by Crippen LogP contribution is -2.51. The van der Waals surface area contributed by atoms with Crippen LogP contribution in [-0.2, 0) is 0 Å². The molecule has 1 amide bonds. The molecule has 4 nitrogen and oxygen atoms in total. The summed E-state index contributed by atoms with van der Waals surface area (Å²) in [6, 6.07) is 5.65. The van der Waals surface area contributed by atoms with E-state index in [1.54, 1.807) is 13.2 Å². The minimum atomic E-state index is -0.144. The molecule has 0 bridgehead atoms. The Hall–Kier alpha value is -1.81. The number of nitrogens with one attached hydrogen (secondary N) is 2. The predicted molar refractivity (Wildman–Crippen MR) is 100 cm³/mol. The summed E-state index contributed by atoms with van der Waals surface area (Å²) in [5.74, 6) is 1.10. The van der Waals surface area contributed by atoms with Gasteiger partial charge in [-0.1, -0.05) is 39.8 Å². The highest BCUT2D eigenvalue weighted by Gasteiger charge is 2.29. The summed E-state index contributed by atoms with van der Waals surface area (Å²) in [6.07, 6.45) is 3.78. The Kier molecular flexibility index (Phi) is 7.49. The van der Waals surface area contributed by atoms with Crippen molar-refractivity contribution in [3.63, 3.8) is 0 Å². The fourth-order valence-electron chi connectivity index (χ4n) is 2.86. The average molecular weight is 332 g/mol. The van der Waals surface area contributed by atoms with Crippen LogP contribution in [-0.4, -0.2) is 19.1 Å². The zero-order valence-electron chi connectivity index (χ0n) is 15.9. The quantitative estimate of drug-likeness (QED) is 0.525. The van der Waals surface area contributed by atoms with Gasteiger partial charge in [0.2, 0.25) is 0 Å². The van der Waals surface area contributed by atoms with Crippen molar-refractivity contribution in [1.82, 2.24) is 10.9 Å². The maximum Gasteiger partial charge on any atom is 0.265 e. The number of benzene rings is 1. The first-order valence-corrected chi connectivity index (χ1v) is 8.53. The van der Waals surface area contributed by atoms with Gasteiger partial charge >= 0.3 is 0 Å². The monoisotopic (exact) mass is 332 g/mol. The van der Waals surface area contributed by atoms with Gasteiger partial charge in [0, 0.05) is 17.2 Å². The Morgan fingerprint density at radius 3 is 2.58 bits per heavy atom. The lowest BCUT2D eigenvalue weighted by atomic mass is 9.78. The minimum absolute atomic E-state index is 0.00270. The zero-order valence-corrected chi connectivity index (χ0v) is 15.9. The van der Waals surface area contributed by atoms with E-state index in [1.807, 2.05) is 25.1 Å². The zero-order chi connectivity index (χ0) is 18.3. The largest absolute Gasteiger partial charge is 0.496 e. The summed E-state index contributed by atoms with van der Waals surface area (Å²) in [7, 11) is 1.61. The fraction of sp³-hybridized carbons (Fsp3) is 0.550. The van der Waals surface area contributed by atoms with E-state index in [0.29, 0.717) is 17.2 Å². The van der Waals surface area contributed by atoms with Crippen LogP contribution < -0.4 is 15.6 Å². The highest BCUT2D eigenvalue weighted by atomic mass is 16.5. The number of allylic oxidation sites excluding steroid dienone is 1. The van der Waals surface area contributed by atoms with Crippen LogP contribution in [0.3, 0.4) is 0 Å². The van der Waals surface area contributed by atoms with E-state index < -0.39 is 0 Å². The summed E-state index contributed by atoms with van der Waals surface area (Å²) in [5.41, 5.74) is 7.59. The third-order valence-corrected chi connectivity index (χ3v) is 4.43. The van der Waals surface area contributed by atoms with E-state index in [4.69, 9.17) is 4.74 Å². The van der Waals surface area contributed by atoms with E-state index in [1.165, 1.54) is 0 Å². The molecule has 1 atom stereocenters. The molecule has 1 unspecified atom stereocenters. The normalized spacial score (nSPS) is 12.8. The van der Waals surface area contributed by atoms with Gasteiger partial charge in [-0.15, -0.1) is 6.58 Å².